The molecule has 0 aromatic heterocycles. The van der Waals surface area contributed by atoms with Crippen LogP contribution in [-0.2, 0) is 4.79 Å². The van der Waals surface area contributed by atoms with Crippen molar-refractivity contribution in [3.8, 4) is 0 Å². The van der Waals surface area contributed by atoms with Crippen LogP contribution in [0.4, 0.5) is 0 Å². The van der Waals surface area contributed by atoms with Crippen LogP contribution in [-0.4, -0.2) is 30.0 Å². The second kappa shape index (κ2) is 8.06. The van der Waals surface area contributed by atoms with Gasteiger partial charge in [0.05, 0.1) is 6.04 Å². The van der Waals surface area contributed by atoms with Gasteiger partial charge in [0, 0.05) is 35.5 Å². The summed E-state index contributed by atoms with van der Waals surface area (Å²) in [4.78, 5) is 12.3. The van der Waals surface area contributed by atoms with Crippen LogP contribution in [0.5, 0.6) is 0 Å². The van der Waals surface area contributed by atoms with Gasteiger partial charge >= 0.3 is 0 Å². The first-order chi connectivity index (χ1) is 10.1. The lowest BCUT2D eigenvalue weighted by atomic mass is 9.95. The Balaban J connectivity index is 1.99. The molecular formula is C16H23ClN2OS. The summed E-state index contributed by atoms with van der Waals surface area (Å²) < 4.78 is 0. The quantitative estimate of drug-likeness (QED) is 0.872. The average molecular weight is 327 g/mol. The summed E-state index contributed by atoms with van der Waals surface area (Å²) in [6.45, 7) is 5.19. The van der Waals surface area contributed by atoms with Gasteiger partial charge in [-0.3, -0.25) is 4.79 Å². The SMILES string of the molecule is CC(C)C(NC(=O)CC1CSCCN1)c1ccccc1Cl. The van der Waals surface area contributed by atoms with Gasteiger partial charge < -0.3 is 10.6 Å². The summed E-state index contributed by atoms with van der Waals surface area (Å²) in [5, 5.41) is 7.26. The zero-order valence-corrected chi connectivity index (χ0v) is 14.1. The Kier molecular flexibility index (Phi) is 6.40. The standard InChI is InChI=1S/C16H23ClN2OS/c1-11(2)16(13-5-3-4-6-14(13)17)19-15(20)9-12-10-21-8-7-18-12/h3-6,11-12,16,18H,7-10H2,1-2H3,(H,19,20). The van der Waals surface area contributed by atoms with E-state index in [9.17, 15) is 4.79 Å². The molecule has 0 bridgehead atoms. The molecule has 21 heavy (non-hydrogen) atoms. The van der Waals surface area contributed by atoms with Crippen molar-refractivity contribution in [3.05, 3.63) is 34.9 Å². The van der Waals surface area contributed by atoms with E-state index in [-0.39, 0.29) is 18.0 Å². The van der Waals surface area contributed by atoms with Gasteiger partial charge in [-0.1, -0.05) is 43.6 Å². The van der Waals surface area contributed by atoms with Crippen molar-refractivity contribution in [1.82, 2.24) is 10.6 Å². The summed E-state index contributed by atoms with van der Waals surface area (Å²) in [6.07, 6.45) is 0.528. The molecule has 1 saturated heterocycles. The molecule has 1 aliphatic rings. The molecule has 0 spiro atoms. The van der Waals surface area contributed by atoms with E-state index in [1.54, 1.807) is 0 Å². The van der Waals surface area contributed by atoms with E-state index in [0.717, 1.165) is 23.6 Å². The van der Waals surface area contributed by atoms with E-state index < -0.39 is 0 Å². The summed E-state index contributed by atoms with van der Waals surface area (Å²) in [5.41, 5.74) is 0.994. The molecule has 1 aliphatic heterocycles. The molecule has 0 radical (unpaired) electrons. The highest BCUT2D eigenvalue weighted by atomic mass is 35.5. The fourth-order valence-electron chi connectivity index (χ4n) is 2.54. The zero-order valence-electron chi connectivity index (χ0n) is 12.6. The maximum atomic E-state index is 12.3. The molecule has 3 nitrogen and oxygen atoms in total. The molecule has 2 unspecified atom stereocenters. The largest absolute Gasteiger partial charge is 0.349 e. The van der Waals surface area contributed by atoms with E-state index in [1.165, 1.54) is 0 Å². The van der Waals surface area contributed by atoms with Crippen molar-refractivity contribution in [2.75, 3.05) is 18.1 Å². The number of carbonyl (C=O) groups excluding carboxylic acids is 1. The molecular weight excluding hydrogens is 304 g/mol. The Labute approximate surface area is 136 Å². The normalized spacial score (nSPS) is 20.3. The first kappa shape index (κ1) is 16.7. The fraction of sp³-hybridized carbons (Fsp3) is 0.562. The number of hydrogen-bond acceptors (Lipinski definition) is 3. The van der Waals surface area contributed by atoms with Gasteiger partial charge in [0.2, 0.25) is 5.91 Å². The number of thioether (sulfide) groups is 1. The van der Waals surface area contributed by atoms with Gasteiger partial charge in [-0.05, 0) is 17.5 Å². The highest BCUT2D eigenvalue weighted by Gasteiger charge is 2.23. The van der Waals surface area contributed by atoms with Gasteiger partial charge in [-0.25, -0.2) is 0 Å². The van der Waals surface area contributed by atoms with Crippen molar-refractivity contribution < 1.29 is 4.79 Å². The molecule has 1 aromatic carbocycles. The van der Waals surface area contributed by atoms with Crippen LogP contribution in [0.1, 0.15) is 31.9 Å². The molecule has 0 aliphatic carbocycles. The third-order valence-electron chi connectivity index (χ3n) is 3.65. The van der Waals surface area contributed by atoms with E-state index in [4.69, 9.17) is 11.6 Å². The van der Waals surface area contributed by atoms with Crippen LogP contribution >= 0.6 is 23.4 Å². The smallest absolute Gasteiger partial charge is 0.222 e. The number of hydrogen-bond donors (Lipinski definition) is 2. The summed E-state index contributed by atoms with van der Waals surface area (Å²) in [5.74, 6) is 2.52. The molecule has 1 aromatic rings. The minimum atomic E-state index is -0.0394. The number of rotatable bonds is 5. The van der Waals surface area contributed by atoms with Crippen LogP contribution in [0.2, 0.25) is 5.02 Å². The second-order valence-corrected chi connectivity index (χ2v) is 7.30. The van der Waals surface area contributed by atoms with Crippen LogP contribution in [0, 0.1) is 5.92 Å². The van der Waals surface area contributed by atoms with Gasteiger partial charge in [0.25, 0.3) is 0 Å². The Hall–Kier alpha value is -0.710. The van der Waals surface area contributed by atoms with Crippen LogP contribution in [0.25, 0.3) is 0 Å². The van der Waals surface area contributed by atoms with Crippen LogP contribution in [0.3, 0.4) is 0 Å². The highest BCUT2D eigenvalue weighted by molar-refractivity contribution is 7.99. The summed E-state index contributed by atoms with van der Waals surface area (Å²) >= 11 is 8.18. The van der Waals surface area contributed by atoms with E-state index in [1.807, 2.05) is 36.0 Å². The fourth-order valence-corrected chi connectivity index (χ4v) is 3.74. The topological polar surface area (TPSA) is 41.1 Å². The van der Waals surface area contributed by atoms with Crippen molar-refractivity contribution in [3.63, 3.8) is 0 Å². The minimum absolute atomic E-state index is 0.0394. The molecule has 1 fully saturated rings. The third kappa shape index (κ3) is 4.90. The molecule has 0 saturated carbocycles. The van der Waals surface area contributed by atoms with Crippen LogP contribution in [0.15, 0.2) is 24.3 Å². The van der Waals surface area contributed by atoms with Crippen molar-refractivity contribution in [2.24, 2.45) is 5.92 Å². The molecule has 5 heteroatoms. The van der Waals surface area contributed by atoms with E-state index in [0.29, 0.717) is 17.4 Å². The minimum Gasteiger partial charge on any atom is -0.349 e. The molecule has 2 N–H and O–H groups in total. The monoisotopic (exact) mass is 326 g/mol. The van der Waals surface area contributed by atoms with Gasteiger partial charge in [-0.2, -0.15) is 11.8 Å². The number of nitrogens with one attached hydrogen (secondary N) is 2. The zero-order chi connectivity index (χ0) is 15.2. The maximum absolute atomic E-state index is 12.3. The van der Waals surface area contributed by atoms with Gasteiger partial charge in [0.15, 0.2) is 0 Å². The van der Waals surface area contributed by atoms with Gasteiger partial charge in [0.1, 0.15) is 0 Å². The predicted octanol–water partition coefficient (Wildman–Crippen LogP) is 3.25. The first-order valence-corrected chi connectivity index (χ1v) is 8.96. The predicted molar refractivity (Wildman–Crippen MR) is 90.9 cm³/mol. The lowest BCUT2D eigenvalue weighted by molar-refractivity contribution is -0.122. The Morgan fingerprint density at radius 2 is 2.24 bits per heavy atom. The Morgan fingerprint density at radius 3 is 2.86 bits per heavy atom. The van der Waals surface area contributed by atoms with E-state index in [2.05, 4.69) is 24.5 Å². The number of halogens is 1. The molecule has 1 amide bonds. The Morgan fingerprint density at radius 1 is 1.48 bits per heavy atom. The average Bonchev–Trinajstić information content (AvgIpc) is 2.46. The van der Waals surface area contributed by atoms with Crippen molar-refractivity contribution in [2.45, 2.75) is 32.4 Å². The maximum Gasteiger partial charge on any atom is 0.222 e. The number of carbonyl (C=O) groups is 1. The lowest BCUT2D eigenvalue weighted by Gasteiger charge is -2.27. The number of benzene rings is 1. The molecule has 116 valence electrons. The van der Waals surface area contributed by atoms with E-state index >= 15 is 0 Å². The molecule has 2 atom stereocenters. The first-order valence-electron chi connectivity index (χ1n) is 7.43. The van der Waals surface area contributed by atoms with Crippen molar-refractivity contribution >= 4 is 29.3 Å². The van der Waals surface area contributed by atoms with Crippen molar-refractivity contribution in [1.29, 1.82) is 0 Å². The molecule has 2 rings (SSSR count). The highest BCUT2D eigenvalue weighted by Crippen LogP contribution is 2.28. The second-order valence-electron chi connectivity index (χ2n) is 5.74. The lowest BCUT2D eigenvalue weighted by Crippen LogP contribution is -2.42. The van der Waals surface area contributed by atoms with Gasteiger partial charge in [-0.15, -0.1) is 0 Å². The summed E-state index contributed by atoms with van der Waals surface area (Å²) in [6, 6.07) is 7.97. The number of amides is 1. The third-order valence-corrected chi connectivity index (χ3v) is 5.13. The molecule has 1 heterocycles. The summed E-state index contributed by atoms with van der Waals surface area (Å²) in [7, 11) is 0. The Bertz CT molecular complexity index is 475. The van der Waals surface area contributed by atoms with Crippen LogP contribution < -0.4 is 10.6 Å².